The van der Waals surface area contributed by atoms with Crippen LogP contribution in [0.5, 0.6) is 0 Å². The predicted molar refractivity (Wildman–Crippen MR) is 140 cm³/mol. The summed E-state index contributed by atoms with van der Waals surface area (Å²) in [6.07, 6.45) is 7.13. The van der Waals surface area contributed by atoms with Gasteiger partial charge in [-0.25, -0.2) is 19.3 Å². The number of aromatic nitrogens is 3. The molecule has 3 aromatic heterocycles. The van der Waals surface area contributed by atoms with E-state index in [4.69, 9.17) is 24.4 Å². The van der Waals surface area contributed by atoms with Crippen LogP contribution in [0.2, 0.25) is 0 Å². The number of ether oxygens (including phenoxy) is 2. The molecule has 4 aromatic rings. The Morgan fingerprint density at radius 2 is 2.03 bits per heavy atom. The Bertz CT molecular complexity index is 1510. The molecule has 0 atom stereocenters. The zero-order valence-corrected chi connectivity index (χ0v) is 20.9. The molecule has 7 nitrogen and oxygen atoms in total. The number of benzene rings is 1. The minimum atomic E-state index is -0.257. The summed E-state index contributed by atoms with van der Waals surface area (Å²) in [5.41, 5.74) is 4.76. The molecule has 184 valence electrons. The Kier molecular flexibility index (Phi) is 5.46. The van der Waals surface area contributed by atoms with Gasteiger partial charge in [0.2, 0.25) is 0 Å². The van der Waals surface area contributed by atoms with Crippen LogP contribution in [0, 0.1) is 5.82 Å². The second-order valence-corrected chi connectivity index (χ2v) is 10.6. The number of nitrogens with zero attached hydrogens (tertiary/aromatic N) is 5. The summed E-state index contributed by atoms with van der Waals surface area (Å²) in [4.78, 5) is 20.5. The molecule has 2 aliphatic heterocycles. The fourth-order valence-corrected chi connectivity index (χ4v) is 6.43. The van der Waals surface area contributed by atoms with Crippen LogP contribution in [0.15, 0.2) is 30.5 Å². The van der Waals surface area contributed by atoms with Crippen molar-refractivity contribution in [3.63, 3.8) is 0 Å². The average Bonchev–Trinajstić information content (AvgIpc) is 3.49. The molecular weight excluding hydrogens is 477 g/mol. The van der Waals surface area contributed by atoms with Crippen molar-refractivity contribution in [1.29, 1.82) is 0 Å². The van der Waals surface area contributed by atoms with Crippen LogP contribution in [0.25, 0.3) is 37.9 Å². The van der Waals surface area contributed by atoms with Gasteiger partial charge in [-0.1, -0.05) is 12.2 Å². The highest BCUT2D eigenvalue weighted by Crippen LogP contribution is 2.40. The molecule has 5 heterocycles. The second kappa shape index (κ2) is 8.85. The molecule has 9 heteroatoms. The van der Waals surface area contributed by atoms with Crippen molar-refractivity contribution in [2.24, 2.45) is 0 Å². The lowest BCUT2D eigenvalue weighted by Gasteiger charge is -2.38. The molecule has 1 aromatic carbocycles. The van der Waals surface area contributed by atoms with Gasteiger partial charge in [-0.3, -0.25) is 4.90 Å². The second-order valence-electron chi connectivity index (χ2n) is 9.63. The molecule has 1 aliphatic carbocycles. The Labute approximate surface area is 212 Å². The first kappa shape index (κ1) is 22.2. The van der Waals surface area contributed by atoms with Crippen LogP contribution in [0.3, 0.4) is 0 Å². The van der Waals surface area contributed by atoms with Gasteiger partial charge in [0.15, 0.2) is 11.6 Å². The van der Waals surface area contributed by atoms with Gasteiger partial charge in [-0.15, -0.1) is 11.3 Å². The van der Waals surface area contributed by atoms with Gasteiger partial charge in [0.25, 0.3) is 0 Å². The third-order valence-corrected chi connectivity index (χ3v) is 8.38. The highest BCUT2D eigenvalue weighted by Gasteiger charge is 2.27. The number of methoxy groups -OCH3 is 1. The van der Waals surface area contributed by atoms with Gasteiger partial charge in [0, 0.05) is 57.0 Å². The summed E-state index contributed by atoms with van der Waals surface area (Å²) in [6, 6.07) is 5.38. The molecular formula is C27H26FN5O2S. The average molecular weight is 504 g/mol. The van der Waals surface area contributed by atoms with Crippen LogP contribution < -0.4 is 4.90 Å². The summed E-state index contributed by atoms with van der Waals surface area (Å²) < 4.78 is 26.6. The van der Waals surface area contributed by atoms with Crippen molar-refractivity contribution in [2.45, 2.75) is 19.1 Å². The van der Waals surface area contributed by atoms with E-state index in [2.05, 4.69) is 28.0 Å². The zero-order valence-electron chi connectivity index (χ0n) is 20.0. The van der Waals surface area contributed by atoms with E-state index < -0.39 is 0 Å². The standard InChI is InChI=1S/C27H26FN5O2S/c1-34-19-14-32(15-19)13-16-9-22-23-24(36-27(22)29-12-16)26(33-5-7-35-8-6-33)31-25(30-23)21-11-18(28)10-17-3-2-4-20(17)21/h2,4,9-12,19H,3,5-8,13-15H2,1H3. The predicted octanol–water partition coefficient (Wildman–Crippen LogP) is 4.28. The van der Waals surface area contributed by atoms with Crippen LogP contribution in [-0.2, 0) is 22.4 Å². The number of anilines is 1. The largest absolute Gasteiger partial charge is 0.379 e. The Morgan fingerprint density at radius 1 is 1.17 bits per heavy atom. The lowest BCUT2D eigenvalue weighted by molar-refractivity contribution is -0.0334. The van der Waals surface area contributed by atoms with Gasteiger partial charge in [-0.05, 0) is 41.3 Å². The quantitative estimate of drug-likeness (QED) is 0.403. The number of hydrogen-bond donors (Lipinski definition) is 0. The minimum Gasteiger partial charge on any atom is -0.379 e. The summed E-state index contributed by atoms with van der Waals surface area (Å²) in [6.45, 7) is 5.53. The zero-order chi connectivity index (χ0) is 24.2. The summed E-state index contributed by atoms with van der Waals surface area (Å²) >= 11 is 1.63. The van der Waals surface area contributed by atoms with Gasteiger partial charge in [-0.2, -0.15) is 0 Å². The number of pyridine rings is 1. The molecule has 7 rings (SSSR count). The lowest BCUT2D eigenvalue weighted by Crippen LogP contribution is -2.50. The molecule has 0 spiro atoms. The van der Waals surface area contributed by atoms with Crippen LogP contribution in [-0.4, -0.2) is 72.5 Å². The van der Waals surface area contributed by atoms with E-state index in [-0.39, 0.29) is 5.82 Å². The summed E-state index contributed by atoms with van der Waals surface area (Å²) in [7, 11) is 1.76. The number of morpholine rings is 1. The molecule has 0 N–H and O–H groups in total. The van der Waals surface area contributed by atoms with E-state index in [1.165, 1.54) is 0 Å². The molecule has 36 heavy (non-hydrogen) atoms. The van der Waals surface area contributed by atoms with Crippen molar-refractivity contribution < 1.29 is 13.9 Å². The molecule has 2 saturated heterocycles. The van der Waals surface area contributed by atoms with Crippen LogP contribution >= 0.6 is 11.3 Å². The van der Waals surface area contributed by atoms with Crippen molar-refractivity contribution in [2.75, 3.05) is 51.4 Å². The van der Waals surface area contributed by atoms with E-state index in [0.29, 0.717) is 25.1 Å². The number of thiophene rings is 1. The molecule has 3 aliphatic rings. The SMILES string of the molecule is COC1CN(Cc2cnc3sc4c(N5CCOCC5)nc(-c5cc(F)cc6c5C=CC6)nc4c3c2)C1. The third kappa shape index (κ3) is 3.78. The maximum Gasteiger partial charge on any atom is 0.162 e. The maximum atomic E-state index is 14.6. The number of hydrogen-bond acceptors (Lipinski definition) is 8. The summed E-state index contributed by atoms with van der Waals surface area (Å²) in [5.74, 6) is 1.18. The van der Waals surface area contributed by atoms with E-state index in [1.807, 2.05) is 6.20 Å². The monoisotopic (exact) mass is 503 g/mol. The van der Waals surface area contributed by atoms with Crippen molar-refractivity contribution in [3.8, 4) is 11.4 Å². The number of rotatable bonds is 5. The van der Waals surface area contributed by atoms with E-state index in [0.717, 1.165) is 87.6 Å². The normalized spacial score (nSPS) is 18.3. The number of fused-ring (bicyclic) bond motifs is 4. The maximum absolute atomic E-state index is 14.6. The Morgan fingerprint density at radius 3 is 2.86 bits per heavy atom. The number of halogens is 1. The first-order chi connectivity index (χ1) is 17.7. The third-order valence-electron chi connectivity index (χ3n) is 7.28. The van der Waals surface area contributed by atoms with Gasteiger partial charge >= 0.3 is 0 Å². The summed E-state index contributed by atoms with van der Waals surface area (Å²) in [5, 5.41) is 1.03. The Balaban J connectivity index is 1.39. The van der Waals surface area contributed by atoms with Crippen molar-refractivity contribution in [3.05, 3.63) is 53.0 Å². The highest BCUT2D eigenvalue weighted by atomic mass is 32.1. The van der Waals surface area contributed by atoms with Crippen LogP contribution in [0.1, 0.15) is 16.7 Å². The molecule has 0 unspecified atom stereocenters. The van der Waals surface area contributed by atoms with Gasteiger partial charge < -0.3 is 14.4 Å². The molecule has 0 amide bonds. The number of likely N-dealkylation sites (tertiary alicyclic amines) is 1. The molecule has 2 fully saturated rings. The van der Waals surface area contributed by atoms with Crippen molar-refractivity contribution >= 4 is 43.7 Å². The molecule has 0 bridgehead atoms. The van der Waals surface area contributed by atoms with E-state index >= 15 is 0 Å². The first-order valence-corrected chi connectivity index (χ1v) is 13.1. The lowest BCUT2D eigenvalue weighted by atomic mass is 10.0. The topological polar surface area (TPSA) is 63.6 Å². The van der Waals surface area contributed by atoms with Gasteiger partial charge in [0.1, 0.15) is 10.6 Å². The fraction of sp³-hybridized carbons (Fsp3) is 0.370. The van der Waals surface area contributed by atoms with Crippen molar-refractivity contribution in [1.82, 2.24) is 19.9 Å². The van der Waals surface area contributed by atoms with E-state index in [9.17, 15) is 4.39 Å². The van der Waals surface area contributed by atoms with Gasteiger partial charge in [0.05, 0.1) is 29.5 Å². The van der Waals surface area contributed by atoms with E-state index in [1.54, 1.807) is 30.6 Å². The fourth-order valence-electron chi connectivity index (χ4n) is 5.34. The smallest absolute Gasteiger partial charge is 0.162 e. The molecule has 0 saturated carbocycles. The molecule has 0 radical (unpaired) electrons. The first-order valence-electron chi connectivity index (χ1n) is 12.3. The highest BCUT2D eigenvalue weighted by molar-refractivity contribution is 7.25. The number of allylic oxidation sites excluding steroid dienone is 1. The Hall–Kier alpha value is -2.98. The minimum absolute atomic E-state index is 0.257. The van der Waals surface area contributed by atoms with Crippen LogP contribution in [0.4, 0.5) is 10.2 Å².